The molecule has 1 aromatic heterocycles. The van der Waals surface area contributed by atoms with Gasteiger partial charge in [0.15, 0.2) is 0 Å². The summed E-state index contributed by atoms with van der Waals surface area (Å²) in [6.45, 7) is 4.01. The standard InChI is InChI=1S/C15H18N2O2/c1-3-11(18)9-16-15(19)13-8-10(2)17-14-7-5-4-6-12(13)14/h4-8,11,18H,3,9H2,1-2H3,(H,16,19). The third-order valence-corrected chi connectivity index (χ3v) is 3.06. The van der Waals surface area contributed by atoms with E-state index in [9.17, 15) is 9.90 Å². The SMILES string of the molecule is CCC(O)CNC(=O)c1cc(C)nc2ccccc12. The molecular weight excluding hydrogens is 240 g/mol. The Kier molecular flexibility index (Phi) is 4.12. The van der Waals surface area contributed by atoms with Crippen molar-refractivity contribution in [3.05, 3.63) is 41.6 Å². The van der Waals surface area contributed by atoms with Gasteiger partial charge >= 0.3 is 0 Å². The molecule has 0 aliphatic rings. The van der Waals surface area contributed by atoms with E-state index in [4.69, 9.17) is 0 Å². The predicted molar refractivity (Wildman–Crippen MR) is 75.1 cm³/mol. The van der Waals surface area contributed by atoms with E-state index in [0.717, 1.165) is 16.6 Å². The van der Waals surface area contributed by atoms with Crippen molar-refractivity contribution in [3.8, 4) is 0 Å². The minimum absolute atomic E-state index is 0.172. The second-order valence-electron chi connectivity index (χ2n) is 4.60. The van der Waals surface area contributed by atoms with Gasteiger partial charge in [-0.05, 0) is 25.5 Å². The number of aromatic nitrogens is 1. The van der Waals surface area contributed by atoms with Crippen LogP contribution in [0.4, 0.5) is 0 Å². The van der Waals surface area contributed by atoms with Gasteiger partial charge < -0.3 is 10.4 Å². The second-order valence-corrected chi connectivity index (χ2v) is 4.60. The monoisotopic (exact) mass is 258 g/mol. The third-order valence-electron chi connectivity index (χ3n) is 3.06. The molecule has 0 fully saturated rings. The fraction of sp³-hybridized carbons (Fsp3) is 0.333. The van der Waals surface area contributed by atoms with Gasteiger partial charge in [-0.15, -0.1) is 0 Å². The molecule has 0 saturated carbocycles. The molecule has 0 saturated heterocycles. The number of aliphatic hydroxyl groups excluding tert-OH is 1. The van der Waals surface area contributed by atoms with E-state index in [-0.39, 0.29) is 12.5 Å². The van der Waals surface area contributed by atoms with Crippen molar-refractivity contribution in [3.63, 3.8) is 0 Å². The molecule has 4 heteroatoms. The topological polar surface area (TPSA) is 62.2 Å². The lowest BCUT2D eigenvalue weighted by molar-refractivity contribution is 0.0915. The van der Waals surface area contributed by atoms with Crippen molar-refractivity contribution in [1.82, 2.24) is 10.3 Å². The normalized spacial score (nSPS) is 12.4. The summed E-state index contributed by atoms with van der Waals surface area (Å²) in [4.78, 5) is 16.6. The molecule has 2 N–H and O–H groups in total. The first kappa shape index (κ1) is 13.5. The van der Waals surface area contributed by atoms with Crippen LogP contribution in [0.2, 0.25) is 0 Å². The molecule has 1 atom stereocenters. The number of nitrogens with zero attached hydrogens (tertiary/aromatic N) is 1. The number of pyridine rings is 1. The smallest absolute Gasteiger partial charge is 0.252 e. The van der Waals surface area contributed by atoms with Crippen LogP contribution in [0.15, 0.2) is 30.3 Å². The lowest BCUT2D eigenvalue weighted by atomic mass is 10.1. The first-order valence-corrected chi connectivity index (χ1v) is 6.44. The highest BCUT2D eigenvalue weighted by atomic mass is 16.3. The lowest BCUT2D eigenvalue weighted by Gasteiger charge is -2.11. The van der Waals surface area contributed by atoms with Crippen LogP contribution in [0.3, 0.4) is 0 Å². The minimum atomic E-state index is -0.502. The highest BCUT2D eigenvalue weighted by molar-refractivity contribution is 6.06. The predicted octanol–water partition coefficient (Wildman–Crippen LogP) is 2.04. The van der Waals surface area contributed by atoms with Crippen molar-refractivity contribution >= 4 is 16.8 Å². The van der Waals surface area contributed by atoms with Gasteiger partial charge in [0.25, 0.3) is 5.91 Å². The average Bonchev–Trinajstić information content (AvgIpc) is 2.43. The highest BCUT2D eigenvalue weighted by Gasteiger charge is 2.12. The fourth-order valence-corrected chi connectivity index (χ4v) is 1.95. The Morgan fingerprint density at radius 1 is 1.42 bits per heavy atom. The molecule has 0 aliphatic heterocycles. The zero-order chi connectivity index (χ0) is 13.8. The third kappa shape index (κ3) is 3.09. The highest BCUT2D eigenvalue weighted by Crippen LogP contribution is 2.18. The number of nitrogens with one attached hydrogen (secondary N) is 1. The first-order chi connectivity index (χ1) is 9.11. The van der Waals surface area contributed by atoms with Crippen LogP contribution in [0.5, 0.6) is 0 Å². The van der Waals surface area contributed by atoms with E-state index in [1.807, 2.05) is 38.1 Å². The second kappa shape index (κ2) is 5.80. The van der Waals surface area contributed by atoms with Gasteiger partial charge in [0, 0.05) is 17.6 Å². The maximum absolute atomic E-state index is 12.2. The van der Waals surface area contributed by atoms with Gasteiger partial charge in [-0.2, -0.15) is 0 Å². The molecular formula is C15H18N2O2. The molecule has 0 bridgehead atoms. The van der Waals surface area contributed by atoms with Gasteiger partial charge in [-0.1, -0.05) is 25.1 Å². The van der Waals surface area contributed by atoms with E-state index >= 15 is 0 Å². The maximum atomic E-state index is 12.2. The Labute approximate surface area is 112 Å². The van der Waals surface area contributed by atoms with Crippen molar-refractivity contribution in [1.29, 1.82) is 0 Å². The Morgan fingerprint density at radius 3 is 2.89 bits per heavy atom. The Balaban J connectivity index is 2.31. The van der Waals surface area contributed by atoms with Crippen LogP contribution < -0.4 is 5.32 Å². The lowest BCUT2D eigenvalue weighted by Crippen LogP contribution is -2.31. The Morgan fingerprint density at radius 2 is 2.16 bits per heavy atom. The van der Waals surface area contributed by atoms with Gasteiger partial charge in [-0.25, -0.2) is 0 Å². The maximum Gasteiger partial charge on any atom is 0.252 e. The van der Waals surface area contributed by atoms with E-state index in [1.54, 1.807) is 6.07 Å². The number of amides is 1. The quantitative estimate of drug-likeness (QED) is 0.882. The molecule has 1 unspecified atom stereocenters. The number of carbonyl (C=O) groups excluding carboxylic acids is 1. The number of carbonyl (C=O) groups is 1. The molecule has 2 rings (SSSR count). The van der Waals surface area contributed by atoms with E-state index in [2.05, 4.69) is 10.3 Å². The summed E-state index contributed by atoms with van der Waals surface area (Å²) >= 11 is 0. The van der Waals surface area contributed by atoms with Crippen molar-refractivity contribution in [2.24, 2.45) is 0 Å². The number of hydrogen-bond acceptors (Lipinski definition) is 3. The van der Waals surface area contributed by atoms with Gasteiger partial charge in [-0.3, -0.25) is 9.78 Å². The summed E-state index contributed by atoms with van der Waals surface area (Å²) in [5.74, 6) is -0.172. The Hall–Kier alpha value is -1.94. The minimum Gasteiger partial charge on any atom is -0.391 e. The molecule has 1 amide bonds. The summed E-state index contributed by atoms with van der Waals surface area (Å²) in [6.07, 6.45) is 0.120. The largest absolute Gasteiger partial charge is 0.391 e. The summed E-state index contributed by atoms with van der Waals surface area (Å²) < 4.78 is 0. The van der Waals surface area contributed by atoms with Crippen LogP contribution in [0.1, 0.15) is 29.4 Å². The van der Waals surface area contributed by atoms with Gasteiger partial charge in [0.05, 0.1) is 17.2 Å². The summed E-state index contributed by atoms with van der Waals surface area (Å²) in [6, 6.07) is 9.33. The fourth-order valence-electron chi connectivity index (χ4n) is 1.95. The molecule has 19 heavy (non-hydrogen) atoms. The van der Waals surface area contributed by atoms with Crippen LogP contribution in [-0.2, 0) is 0 Å². The average molecular weight is 258 g/mol. The number of rotatable bonds is 4. The molecule has 1 aromatic carbocycles. The molecule has 0 spiro atoms. The summed E-state index contributed by atoms with van der Waals surface area (Å²) in [7, 11) is 0. The molecule has 0 radical (unpaired) electrons. The number of hydrogen-bond donors (Lipinski definition) is 2. The van der Waals surface area contributed by atoms with Crippen LogP contribution in [0.25, 0.3) is 10.9 Å². The summed E-state index contributed by atoms with van der Waals surface area (Å²) in [5.41, 5.74) is 2.22. The van der Waals surface area contributed by atoms with Crippen LogP contribution in [0, 0.1) is 6.92 Å². The summed E-state index contributed by atoms with van der Waals surface area (Å²) in [5, 5.41) is 13.1. The van der Waals surface area contributed by atoms with Gasteiger partial charge in [0.2, 0.25) is 0 Å². The number of para-hydroxylation sites is 1. The van der Waals surface area contributed by atoms with Crippen molar-refractivity contribution in [2.45, 2.75) is 26.4 Å². The van der Waals surface area contributed by atoms with Crippen LogP contribution in [-0.4, -0.2) is 28.6 Å². The van der Waals surface area contributed by atoms with Gasteiger partial charge in [0.1, 0.15) is 0 Å². The zero-order valence-corrected chi connectivity index (χ0v) is 11.2. The first-order valence-electron chi connectivity index (χ1n) is 6.44. The number of benzene rings is 1. The molecule has 4 nitrogen and oxygen atoms in total. The number of aryl methyl sites for hydroxylation is 1. The number of fused-ring (bicyclic) bond motifs is 1. The van der Waals surface area contributed by atoms with E-state index in [1.165, 1.54) is 0 Å². The van der Waals surface area contributed by atoms with E-state index in [0.29, 0.717) is 12.0 Å². The molecule has 100 valence electrons. The van der Waals surface area contributed by atoms with Crippen molar-refractivity contribution < 1.29 is 9.90 Å². The molecule has 0 aliphatic carbocycles. The van der Waals surface area contributed by atoms with Crippen LogP contribution >= 0.6 is 0 Å². The zero-order valence-electron chi connectivity index (χ0n) is 11.2. The van der Waals surface area contributed by atoms with E-state index < -0.39 is 6.10 Å². The number of aliphatic hydroxyl groups is 1. The van der Waals surface area contributed by atoms with Crippen molar-refractivity contribution in [2.75, 3.05) is 6.54 Å². The molecule has 1 heterocycles. The Bertz CT molecular complexity index is 596. The molecule has 2 aromatic rings.